The number of amides is 3. The van der Waals surface area contributed by atoms with Crippen molar-refractivity contribution in [2.24, 2.45) is 0 Å². The Balaban J connectivity index is 1.34. The molecular formula is C26H31N5O6. The standard InChI is InChI=1S/C26H31N5O6/c1-37-18-14-12-17(13-15-18)28-26(36)27-16-5-4-9-21(25(34)35)30-23(32)11-6-10-22-29-20-8-3-2-7-19(20)24(33)31-22/h2-3,7-8,12-15,21H,4-6,9-11,16H2,1H3,(H,30,32)(H,34,35)(H2,27,28,36)(H,29,31,33)/t21-/m0/s1. The number of carboxylic acid groups (broad SMARTS) is 1. The van der Waals surface area contributed by atoms with E-state index < -0.39 is 12.0 Å². The van der Waals surface area contributed by atoms with Gasteiger partial charge in [-0.05, 0) is 62.1 Å². The molecule has 196 valence electrons. The van der Waals surface area contributed by atoms with Crippen LogP contribution in [0.5, 0.6) is 5.75 Å². The first-order chi connectivity index (χ1) is 17.9. The van der Waals surface area contributed by atoms with Crippen LogP contribution in [0.3, 0.4) is 0 Å². The van der Waals surface area contributed by atoms with Crippen LogP contribution in [0, 0.1) is 0 Å². The van der Waals surface area contributed by atoms with Gasteiger partial charge in [0.2, 0.25) is 5.91 Å². The van der Waals surface area contributed by atoms with E-state index in [9.17, 15) is 24.3 Å². The summed E-state index contributed by atoms with van der Waals surface area (Å²) < 4.78 is 5.07. The van der Waals surface area contributed by atoms with Crippen LogP contribution in [0.25, 0.3) is 10.9 Å². The third kappa shape index (κ3) is 8.64. The summed E-state index contributed by atoms with van der Waals surface area (Å²) in [4.78, 5) is 55.1. The minimum Gasteiger partial charge on any atom is -0.497 e. The summed E-state index contributed by atoms with van der Waals surface area (Å²) in [5.41, 5.74) is 0.975. The Hall–Kier alpha value is -4.41. The van der Waals surface area contributed by atoms with Crippen molar-refractivity contribution in [2.75, 3.05) is 19.0 Å². The van der Waals surface area contributed by atoms with Gasteiger partial charge in [0.05, 0.1) is 18.0 Å². The molecule has 5 N–H and O–H groups in total. The number of methoxy groups -OCH3 is 1. The molecule has 0 fully saturated rings. The van der Waals surface area contributed by atoms with Gasteiger partial charge in [-0.25, -0.2) is 14.6 Å². The van der Waals surface area contributed by atoms with Crippen LogP contribution in [0.15, 0.2) is 53.3 Å². The summed E-state index contributed by atoms with van der Waals surface area (Å²) >= 11 is 0. The van der Waals surface area contributed by atoms with Crippen molar-refractivity contribution in [3.05, 3.63) is 64.7 Å². The topological polar surface area (TPSA) is 163 Å². The number of aryl methyl sites for hydroxylation is 1. The molecule has 11 heteroatoms. The summed E-state index contributed by atoms with van der Waals surface area (Å²) in [7, 11) is 1.56. The van der Waals surface area contributed by atoms with Crippen molar-refractivity contribution in [3.63, 3.8) is 0 Å². The molecule has 0 aliphatic rings. The molecule has 2 aromatic carbocycles. The maximum atomic E-state index is 12.3. The van der Waals surface area contributed by atoms with E-state index in [1.165, 1.54) is 0 Å². The van der Waals surface area contributed by atoms with Crippen molar-refractivity contribution in [3.8, 4) is 5.75 Å². The van der Waals surface area contributed by atoms with Crippen LogP contribution in [-0.4, -0.2) is 52.7 Å². The number of aromatic nitrogens is 2. The molecular weight excluding hydrogens is 478 g/mol. The summed E-state index contributed by atoms with van der Waals surface area (Å²) in [6.07, 6.45) is 2.19. The second-order valence-corrected chi connectivity index (χ2v) is 8.45. The molecule has 0 saturated heterocycles. The monoisotopic (exact) mass is 509 g/mol. The molecule has 0 spiro atoms. The third-order valence-electron chi connectivity index (χ3n) is 5.67. The Morgan fingerprint density at radius 3 is 2.54 bits per heavy atom. The predicted molar refractivity (Wildman–Crippen MR) is 139 cm³/mol. The predicted octanol–water partition coefficient (Wildman–Crippen LogP) is 2.82. The van der Waals surface area contributed by atoms with Gasteiger partial charge in [-0.15, -0.1) is 0 Å². The number of carbonyl (C=O) groups is 3. The highest BCUT2D eigenvalue weighted by Crippen LogP contribution is 2.14. The number of anilines is 1. The molecule has 1 heterocycles. The van der Waals surface area contributed by atoms with E-state index in [0.29, 0.717) is 60.4 Å². The Labute approximate surface area is 213 Å². The number of unbranched alkanes of at least 4 members (excludes halogenated alkanes) is 1. The highest BCUT2D eigenvalue weighted by molar-refractivity contribution is 5.89. The molecule has 0 aliphatic heterocycles. The minimum absolute atomic E-state index is 0.105. The average molecular weight is 510 g/mol. The Morgan fingerprint density at radius 1 is 1.05 bits per heavy atom. The molecule has 0 radical (unpaired) electrons. The molecule has 3 aromatic rings. The van der Waals surface area contributed by atoms with Crippen LogP contribution < -0.4 is 26.2 Å². The molecule has 0 aliphatic carbocycles. The fourth-order valence-electron chi connectivity index (χ4n) is 3.72. The number of carboxylic acids is 1. The second-order valence-electron chi connectivity index (χ2n) is 8.45. The lowest BCUT2D eigenvalue weighted by Crippen LogP contribution is -2.40. The van der Waals surface area contributed by atoms with E-state index >= 15 is 0 Å². The molecule has 3 amide bonds. The number of ether oxygens (including phenoxy) is 1. The van der Waals surface area contributed by atoms with Crippen LogP contribution >= 0.6 is 0 Å². The molecule has 0 saturated carbocycles. The number of fused-ring (bicyclic) bond motifs is 1. The van der Waals surface area contributed by atoms with Gasteiger partial charge in [-0.2, -0.15) is 0 Å². The highest BCUT2D eigenvalue weighted by atomic mass is 16.5. The summed E-state index contributed by atoms with van der Waals surface area (Å²) in [6.45, 7) is 0.360. The van der Waals surface area contributed by atoms with Crippen molar-refractivity contribution in [1.82, 2.24) is 20.6 Å². The molecule has 0 bridgehead atoms. The summed E-state index contributed by atoms with van der Waals surface area (Å²) in [6, 6.07) is 12.5. The minimum atomic E-state index is -1.11. The van der Waals surface area contributed by atoms with Gasteiger partial charge in [-0.3, -0.25) is 9.59 Å². The van der Waals surface area contributed by atoms with Gasteiger partial charge in [0.25, 0.3) is 5.56 Å². The van der Waals surface area contributed by atoms with Gasteiger partial charge >= 0.3 is 12.0 Å². The Kier molecular flexibility index (Phi) is 10.0. The van der Waals surface area contributed by atoms with Gasteiger partial charge in [0, 0.05) is 25.1 Å². The SMILES string of the molecule is COc1ccc(NC(=O)NCCCC[C@H](NC(=O)CCCc2nc3ccccc3c(=O)[nH]2)C(=O)O)cc1. The van der Waals surface area contributed by atoms with Crippen molar-refractivity contribution < 1.29 is 24.2 Å². The number of H-pyrrole nitrogens is 1. The van der Waals surface area contributed by atoms with E-state index in [4.69, 9.17) is 4.74 Å². The molecule has 3 rings (SSSR count). The molecule has 0 unspecified atom stereocenters. The van der Waals surface area contributed by atoms with Crippen LogP contribution in [-0.2, 0) is 16.0 Å². The van der Waals surface area contributed by atoms with Crippen LogP contribution in [0.2, 0.25) is 0 Å². The number of benzene rings is 2. The van der Waals surface area contributed by atoms with E-state index in [0.717, 1.165) is 0 Å². The number of nitrogens with zero attached hydrogens (tertiary/aromatic N) is 1. The Morgan fingerprint density at radius 2 is 1.81 bits per heavy atom. The number of aliphatic carboxylic acids is 1. The molecule has 1 atom stereocenters. The number of hydrogen-bond acceptors (Lipinski definition) is 6. The lowest BCUT2D eigenvalue weighted by atomic mass is 10.1. The summed E-state index contributed by atoms with van der Waals surface area (Å²) in [5, 5.41) is 17.9. The quantitative estimate of drug-likeness (QED) is 0.221. The van der Waals surface area contributed by atoms with Gasteiger partial charge in [0.1, 0.15) is 17.6 Å². The Bertz CT molecular complexity index is 1270. The maximum absolute atomic E-state index is 12.3. The zero-order valence-electron chi connectivity index (χ0n) is 20.6. The number of urea groups is 1. The van der Waals surface area contributed by atoms with Crippen molar-refractivity contribution in [2.45, 2.75) is 44.6 Å². The van der Waals surface area contributed by atoms with Crippen molar-refractivity contribution in [1.29, 1.82) is 0 Å². The van der Waals surface area contributed by atoms with E-state index in [-0.39, 0.29) is 30.3 Å². The zero-order valence-corrected chi connectivity index (χ0v) is 20.6. The largest absolute Gasteiger partial charge is 0.497 e. The van der Waals surface area contributed by atoms with Crippen LogP contribution in [0.4, 0.5) is 10.5 Å². The number of nitrogens with one attached hydrogen (secondary N) is 4. The smallest absolute Gasteiger partial charge is 0.326 e. The number of rotatable bonds is 13. The molecule has 11 nitrogen and oxygen atoms in total. The lowest BCUT2D eigenvalue weighted by molar-refractivity contribution is -0.142. The number of para-hydroxylation sites is 1. The van der Waals surface area contributed by atoms with Gasteiger partial charge in [0.15, 0.2) is 0 Å². The van der Waals surface area contributed by atoms with E-state index in [2.05, 4.69) is 25.9 Å². The number of aromatic amines is 1. The summed E-state index contributed by atoms with van der Waals surface area (Å²) in [5.74, 6) is -0.328. The maximum Gasteiger partial charge on any atom is 0.326 e. The number of hydrogen-bond donors (Lipinski definition) is 5. The first-order valence-electron chi connectivity index (χ1n) is 12.0. The van der Waals surface area contributed by atoms with Gasteiger partial charge in [-0.1, -0.05) is 12.1 Å². The fourth-order valence-corrected chi connectivity index (χ4v) is 3.72. The third-order valence-corrected chi connectivity index (χ3v) is 5.67. The van der Waals surface area contributed by atoms with E-state index in [1.807, 2.05) is 0 Å². The molecule has 1 aromatic heterocycles. The van der Waals surface area contributed by atoms with Gasteiger partial charge < -0.3 is 30.8 Å². The number of carbonyl (C=O) groups excluding carboxylic acids is 2. The fraction of sp³-hybridized carbons (Fsp3) is 0.346. The normalized spacial score (nSPS) is 11.5. The lowest BCUT2D eigenvalue weighted by Gasteiger charge is -2.14. The van der Waals surface area contributed by atoms with E-state index in [1.54, 1.807) is 55.6 Å². The van der Waals surface area contributed by atoms with Crippen LogP contribution in [0.1, 0.15) is 37.9 Å². The second kappa shape index (κ2) is 13.6. The van der Waals surface area contributed by atoms with Crippen molar-refractivity contribution >= 4 is 34.5 Å². The highest BCUT2D eigenvalue weighted by Gasteiger charge is 2.19. The molecule has 37 heavy (non-hydrogen) atoms. The average Bonchev–Trinajstić information content (AvgIpc) is 2.88. The zero-order chi connectivity index (χ0) is 26.6. The first kappa shape index (κ1) is 27.2. The first-order valence-corrected chi connectivity index (χ1v) is 12.0.